The molecule has 0 aromatic heterocycles. The van der Waals surface area contributed by atoms with Gasteiger partial charge in [-0.15, -0.1) is 0 Å². The highest BCUT2D eigenvalue weighted by atomic mass is 19.2. The van der Waals surface area contributed by atoms with E-state index in [0.29, 0.717) is 12.5 Å². The van der Waals surface area contributed by atoms with Crippen LogP contribution in [0.2, 0.25) is 0 Å². The highest BCUT2D eigenvalue weighted by molar-refractivity contribution is 5.23. The van der Waals surface area contributed by atoms with Gasteiger partial charge in [0, 0.05) is 17.7 Å². The van der Waals surface area contributed by atoms with Crippen molar-refractivity contribution < 1.29 is 13.2 Å². The summed E-state index contributed by atoms with van der Waals surface area (Å²) in [5.41, 5.74) is 0.131. The molecular formula is C13H18F3N. The van der Waals surface area contributed by atoms with Crippen molar-refractivity contribution in [2.45, 2.75) is 33.2 Å². The minimum atomic E-state index is -1.16. The maximum absolute atomic E-state index is 13.6. The molecule has 17 heavy (non-hydrogen) atoms. The Morgan fingerprint density at radius 1 is 1.06 bits per heavy atom. The number of benzene rings is 1. The van der Waals surface area contributed by atoms with Crippen molar-refractivity contribution in [3.05, 3.63) is 35.1 Å². The van der Waals surface area contributed by atoms with Crippen molar-refractivity contribution in [3.8, 4) is 0 Å². The lowest BCUT2D eigenvalue weighted by molar-refractivity contribution is 0.315. The van der Waals surface area contributed by atoms with Crippen LogP contribution >= 0.6 is 0 Å². The van der Waals surface area contributed by atoms with E-state index in [1.807, 2.05) is 20.8 Å². The molecule has 0 spiro atoms. The van der Waals surface area contributed by atoms with Crippen molar-refractivity contribution in [2.24, 2.45) is 5.41 Å². The second kappa shape index (κ2) is 5.08. The summed E-state index contributed by atoms with van der Waals surface area (Å²) >= 11 is 0. The summed E-state index contributed by atoms with van der Waals surface area (Å²) in [5, 5.41) is 2.93. The van der Waals surface area contributed by atoms with Gasteiger partial charge in [-0.25, -0.2) is 13.2 Å². The molecule has 0 aliphatic carbocycles. The Labute approximate surface area is 100 Å². The molecule has 0 saturated heterocycles. The molecular weight excluding hydrogens is 227 g/mol. The SMILES string of the molecule is CNC(CC(C)(C)C)c1cc(F)c(F)cc1F. The highest BCUT2D eigenvalue weighted by Crippen LogP contribution is 2.31. The number of nitrogens with one attached hydrogen (secondary N) is 1. The predicted octanol–water partition coefficient (Wildman–Crippen LogP) is 3.80. The molecule has 0 saturated carbocycles. The summed E-state index contributed by atoms with van der Waals surface area (Å²) in [6.45, 7) is 6.03. The molecule has 0 aliphatic heterocycles. The Morgan fingerprint density at radius 3 is 2.06 bits per heavy atom. The van der Waals surface area contributed by atoms with E-state index >= 15 is 0 Å². The lowest BCUT2D eigenvalue weighted by atomic mass is 9.85. The van der Waals surface area contributed by atoms with Crippen LogP contribution in [0.3, 0.4) is 0 Å². The molecule has 0 aliphatic rings. The first-order valence-electron chi connectivity index (χ1n) is 5.56. The number of halogens is 3. The van der Waals surface area contributed by atoms with Gasteiger partial charge in [-0.3, -0.25) is 0 Å². The Balaban J connectivity index is 3.08. The van der Waals surface area contributed by atoms with Gasteiger partial charge in [-0.1, -0.05) is 20.8 Å². The molecule has 1 N–H and O–H groups in total. The average Bonchev–Trinajstić information content (AvgIpc) is 2.19. The van der Waals surface area contributed by atoms with Gasteiger partial charge in [0.1, 0.15) is 5.82 Å². The third-order valence-corrected chi connectivity index (χ3v) is 2.58. The summed E-state index contributed by atoms with van der Waals surface area (Å²) < 4.78 is 39.5. The largest absolute Gasteiger partial charge is 0.313 e. The number of hydrogen-bond acceptors (Lipinski definition) is 1. The highest BCUT2D eigenvalue weighted by Gasteiger charge is 2.22. The number of rotatable bonds is 3. The van der Waals surface area contributed by atoms with E-state index < -0.39 is 17.5 Å². The van der Waals surface area contributed by atoms with Crippen molar-refractivity contribution in [1.29, 1.82) is 0 Å². The summed E-state index contributed by atoms with van der Waals surface area (Å²) in [5.74, 6) is -2.89. The molecule has 1 aromatic rings. The Hall–Kier alpha value is -1.03. The molecule has 1 atom stereocenters. The lowest BCUT2D eigenvalue weighted by Crippen LogP contribution is -2.23. The van der Waals surface area contributed by atoms with Crippen LogP contribution in [0.4, 0.5) is 13.2 Å². The predicted molar refractivity (Wildman–Crippen MR) is 62.2 cm³/mol. The van der Waals surface area contributed by atoms with Gasteiger partial charge in [0.05, 0.1) is 0 Å². The fourth-order valence-electron chi connectivity index (χ4n) is 1.78. The van der Waals surface area contributed by atoms with Gasteiger partial charge < -0.3 is 5.32 Å². The first-order valence-corrected chi connectivity index (χ1v) is 5.56. The van der Waals surface area contributed by atoms with E-state index in [4.69, 9.17) is 0 Å². The van der Waals surface area contributed by atoms with E-state index in [1.165, 1.54) is 0 Å². The maximum atomic E-state index is 13.6. The molecule has 0 radical (unpaired) electrons. The molecule has 0 amide bonds. The average molecular weight is 245 g/mol. The first kappa shape index (κ1) is 14.0. The van der Waals surface area contributed by atoms with Crippen LogP contribution in [0, 0.1) is 22.9 Å². The molecule has 1 unspecified atom stereocenters. The maximum Gasteiger partial charge on any atom is 0.161 e. The minimum absolute atomic E-state index is 0.0367. The van der Waals surface area contributed by atoms with Crippen LogP contribution in [0.15, 0.2) is 12.1 Å². The van der Waals surface area contributed by atoms with Gasteiger partial charge in [-0.05, 0) is 24.9 Å². The molecule has 96 valence electrons. The Morgan fingerprint density at radius 2 is 1.59 bits per heavy atom. The van der Waals surface area contributed by atoms with Crippen molar-refractivity contribution in [1.82, 2.24) is 5.32 Å². The van der Waals surface area contributed by atoms with Gasteiger partial charge in [-0.2, -0.15) is 0 Å². The zero-order valence-corrected chi connectivity index (χ0v) is 10.6. The fraction of sp³-hybridized carbons (Fsp3) is 0.538. The quantitative estimate of drug-likeness (QED) is 0.799. The van der Waals surface area contributed by atoms with Gasteiger partial charge in [0.25, 0.3) is 0 Å². The first-order chi connectivity index (χ1) is 7.74. The van der Waals surface area contributed by atoms with Crippen LogP contribution < -0.4 is 5.32 Å². The molecule has 0 bridgehead atoms. The molecule has 0 heterocycles. The smallest absolute Gasteiger partial charge is 0.161 e. The third kappa shape index (κ3) is 3.73. The summed E-state index contributed by atoms with van der Waals surface area (Å²) in [4.78, 5) is 0. The van der Waals surface area contributed by atoms with Crippen LogP contribution in [0.25, 0.3) is 0 Å². The van der Waals surface area contributed by atoms with Gasteiger partial charge >= 0.3 is 0 Å². The third-order valence-electron chi connectivity index (χ3n) is 2.58. The summed E-state index contributed by atoms with van der Waals surface area (Å²) in [6, 6.07) is 1.19. The van der Waals surface area contributed by atoms with Crippen molar-refractivity contribution >= 4 is 0 Å². The lowest BCUT2D eigenvalue weighted by Gasteiger charge is -2.26. The summed E-state index contributed by atoms with van der Waals surface area (Å²) in [6.07, 6.45) is 0.630. The minimum Gasteiger partial charge on any atom is -0.313 e. The topological polar surface area (TPSA) is 12.0 Å². The molecule has 1 nitrogen and oxygen atoms in total. The van der Waals surface area contributed by atoms with E-state index in [2.05, 4.69) is 5.32 Å². The van der Waals surface area contributed by atoms with Crippen LogP contribution in [0.1, 0.15) is 38.8 Å². The van der Waals surface area contributed by atoms with Crippen molar-refractivity contribution in [2.75, 3.05) is 7.05 Å². The summed E-state index contributed by atoms with van der Waals surface area (Å²) in [7, 11) is 1.68. The Kier molecular flexibility index (Phi) is 4.20. The monoisotopic (exact) mass is 245 g/mol. The van der Waals surface area contributed by atoms with Crippen LogP contribution in [0.5, 0.6) is 0 Å². The van der Waals surface area contributed by atoms with Gasteiger partial charge in [0.2, 0.25) is 0 Å². The van der Waals surface area contributed by atoms with E-state index in [0.717, 1.165) is 6.07 Å². The van der Waals surface area contributed by atoms with E-state index in [1.54, 1.807) is 7.05 Å². The molecule has 4 heteroatoms. The normalized spacial score (nSPS) is 13.8. The van der Waals surface area contributed by atoms with E-state index in [-0.39, 0.29) is 17.0 Å². The zero-order valence-electron chi connectivity index (χ0n) is 10.6. The standard InChI is InChI=1S/C13H18F3N/c1-13(2,3)7-12(17-4)8-5-10(15)11(16)6-9(8)14/h5-6,12,17H,7H2,1-4H3. The molecule has 0 fully saturated rings. The van der Waals surface area contributed by atoms with Crippen molar-refractivity contribution in [3.63, 3.8) is 0 Å². The second-order valence-corrected chi connectivity index (χ2v) is 5.39. The molecule has 1 aromatic carbocycles. The Bertz CT molecular complexity index is 396. The molecule has 1 rings (SSSR count). The van der Waals surface area contributed by atoms with Crippen LogP contribution in [-0.4, -0.2) is 7.05 Å². The van der Waals surface area contributed by atoms with Gasteiger partial charge in [0.15, 0.2) is 11.6 Å². The van der Waals surface area contributed by atoms with Crippen LogP contribution in [-0.2, 0) is 0 Å². The second-order valence-electron chi connectivity index (χ2n) is 5.39. The number of hydrogen-bond donors (Lipinski definition) is 1. The van der Waals surface area contributed by atoms with E-state index in [9.17, 15) is 13.2 Å². The fourth-order valence-corrected chi connectivity index (χ4v) is 1.78. The zero-order chi connectivity index (χ0) is 13.2.